The lowest BCUT2D eigenvalue weighted by molar-refractivity contribution is -0.118. The molecule has 0 aromatic heterocycles. The Balaban J connectivity index is 2.22. The van der Waals surface area contributed by atoms with Crippen molar-refractivity contribution in [2.24, 2.45) is 22.1 Å². The van der Waals surface area contributed by atoms with Crippen molar-refractivity contribution in [2.75, 3.05) is 0 Å². The van der Waals surface area contributed by atoms with Crippen molar-refractivity contribution in [1.82, 2.24) is 0 Å². The number of halogens is 1. The maximum absolute atomic E-state index is 12.8. The predicted octanol–water partition coefficient (Wildman–Crippen LogP) is 3.69. The van der Waals surface area contributed by atoms with E-state index in [1.165, 1.54) is 0 Å². The molecule has 0 bridgehead atoms. The van der Waals surface area contributed by atoms with E-state index in [1.54, 1.807) is 0 Å². The number of nitrogens with zero attached hydrogens (tertiary/aromatic N) is 2. The number of hydrogen-bond donors (Lipinski definition) is 1. The summed E-state index contributed by atoms with van der Waals surface area (Å²) in [4.78, 5) is 17.2. The molecule has 3 rings (SSSR count). The Bertz CT molecular complexity index is 786. The standard InChI is InChI=1S/C18H18BrN3O/c1-18(2)7-13-16(14(23)8-18)15(11(9-20)17(21)22-13)10-5-3-4-6-12(10)19/h3-6,11,15H,7-8H2,1-2H3,(H2,21,22)/t11?,15-/m1/s1. The molecule has 118 valence electrons. The van der Waals surface area contributed by atoms with E-state index in [4.69, 9.17) is 5.73 Å². The molecule has 0 radical (unpaired) electrons. The fourth-order valence-corrected chi connectivity index (χ4v) is 4.05. The number of carbonyl (C=O) groups is 1. The van der Waals surface area contributed by atoms with Gasteiger partial charge in [0.2, 0.25) is 0 Å². The first-order chi connectivity index (χ1) is 10.8. The minimum Gasteiger partial charge on any atom is -0.386 e. The van der Waals surface area contributed by atoms with Crippen LogP contribution in [0.1, 0.15) is 38.2 Å². The minimum absolute atomic E-state index is 0.0773. The van der Waals surface area contributed by atoms with Gasteiger partial charge in [-0.1, -0.05) is 48.0 Å². The maximum atomic E-state index is 12.8. The SMILES string of the molecule is CC1(C)CC(=O)C2=C(C1)N=C(N)C(C#N)[C@H]2c1ccccc1Br. The molecule has 1 aromatic rings. The number of aliphatic imine (C=N–C) groups is 1. The van der Waals surface area contributed by atoms with E-state index in [0.717, 1.165) is 15.7 Å². The van der Waals surface area contributed by atoms with E-state index >= 15 is 0 Å². The summed E-state index contributed by atoms with van der Waals surface area (Å²) >= 11 is 3.54. The van der Waals surface area contributed by atoms with Gasteiger partial charge in [0.05, 0.1) is 11.8 Å². The molecule has 0 spiro atoms. The molecule has 5 heteroatoms. The smallest absolute Gasteiger partial charge is 0.161 e. The number of carbonyl (C=O) groups excluding carboxylic acids is 1. The van der Waals surface area contributed by atoms with Gasteiger partial charge in [-0.15, -0.1) is 0 Å². The second-order valence-electron chi connectivity index (χ2n) is 6.94. The average Bonchev–Trinajstić information content (AvgIpc) is 2.45. The van der Waals surface area contributed by atoms with Crippen LogP contribution in [0.5, 0.6) is 0 Å². The summed E-state index contributed by atoms with van der Waals surface area (Å²) in [5.41, 5.74) is 8.27. The minimum atomic E-state index is -0.613. The summed E-state index contributed by atoms with van der Waals surface area (Å²) in [5.74, 6) is -0.588. The molecule has 0 saturated heterocycles. The molecule has 4 nitrogen and oxygen atoms in total. The molecule has 1 heterocycles. The van der Waals surface area contributed by atoms with Gasteiger partial charge in [0.15, 0.2) is 5.78 Å². The molecule has 0 saturated carbocycles. The van der Waals surface area contributed by atoms with E-state index < -0.39 is 5.92 Å². The number of nitrogens with two attached hydrogens (primary N) is 1. The molecule has 23 heavy (non-hydrogen) atoms. The van der Waals surface area contributed by atoms with Crippen molar-refractivity contribution in [1.29, 1.82) is 5.26 Å². The van der Waals surface area contributed by atoms with Gasteiger partial charge in [0.1, 0.15) is 11.8 Å². The topological polar surface area (TPSA) is 79.2 Å². The maximum Gasteiger partial charge on any atom is 0.161 e. The molecule has 0 fully saturated rings. The molecule has 1 aromatic carbocycles. The van der Waals surface area contributed by atoms with Crippen LogP contribution in [0.25, 0.3) is 0 Å². The van der Waals surface area contributed by atoms with Crippen LogP contribution in [0, 0.1) is 22.7 Å². The lowest BCUT2D eigenvalue weighted by atomic mass is 9.68. The Labute approximate surface area is 144 Å². The van der Waals surface area contributed by atoms with Crippen LogP contribution in [0.2, 0.25) is 0 Å². The monoisotopic (exact) mass is 371 g/mol. The molecule has 0 amide bonds. The first-order valence-corrected chi connectivity index (χ1v) is 8.38. The van der Waals surface area contributed by atoms with Gasteiger partial charge in [-0.05, 0) is 23.5 Å². The number of amidine groups is 1. The van der Waals surface area contributed by atoms with Crippen molar-refractivity contribution in [3.63, 3.8) is 0 Å². The van der Waals surface area contributed by atoms with Crippen LogP contribution < -0.4 is 5.73 Å². The van der Waals surface area contributed by atoms with Crippen molar-refractivity contribution in [3.05, 3.63) is 45.6 Å². The number of Topliss-reactive ketones (excluding diaryl/α,β-unsaturated/α-hetero) is 1. The highest BCUT2D eigenvalue weighted by molar-refractivity contribution is 9.10. The summed E-state index contributed by atoms with van der Waals surface area (Å²) in [7, 11) is 0. The first kappa shape index (κ1) is 15.9. The molecular weight excluding hydrogens is 354 g/mol. The van der Waals surface area contributed by atoms with E-state index in [1.807, 2.05) is 24.3 Å². The van der Waals surface area contributed by atoms with Crippen molar-refractivity contribution >= 4 is 27.5 Å². The van der Waals surface area contributed by atoms with Gasteiger partial charge in [-0.25, -0.2) is 4.99 Å². The van der Waals surface area contributed by atoms with E-state index in [2.05, 4.69) is 40.8 Å². The molecule has 2 N–H and O–H groups in total. The third kappa shape index (κ3) is 2.72. The Morgan fingerprint density at radius 2 is 2.04 bits per heavy atom. The Kier molecular flexibility index (Phi) is 3.89. The first-order valence-electron chi connectivity index (χ1n) is 7.58. The Hall–Kier alpha value is -1.93. The van der Waals surface area contributed by atoms with Crippen LogP contribution in [-0.2, 0) is 4.79 Å². The number of ketones is 1. The van der Waals surface area contributed by atoms with Crippen LogP contribution in [-0.4, -0.2) is 11.6 Å². The van der Waals surface area contributed by atoms with Crippen molar-refractivity contribution < 1.29 is 4.79 Å². The second-order valence-corrected chi connectivity index (χ2v) is 7.80. The van der Waals surface area contributed by atoms with Crippen molar-refractivity contribution in [2.45, 2.75) is 32.6 Å². The van der Waals surface area contributed by atoms with Gasteiger partial charge in [-0.2, -0.15) is 5.26 Å². The zero-order valence-electron chi connectivity index (χ0n) is 13.1. The van der Waals surface area contributed by atoms with E-state index in [-0.39, 0.29) is 17.1 Å². The Morgan fingerprint density at radius 3 is 2.70 bits per heavy atom. The summed E-state index contributed by atoms with van der Waals surface area (Å²) in [6.45, 7) is 4.12. The molecule has 1 aliphatic carbocycles. The Morgan fingerprint density at radius 1 is 1.35 bits per heavy atom. The zero-order chi connectivity index (χ0) is 16.8. The van der Waals surface area contributed by atoms with Crippen molar-refractivity contribution in [3.8, 4) is 6.07 Å². The lowest BCUT2D eigenvalue weighted by Gasteiger charge is -2.37. The number of hydrogen-bond acceptors (Lipinski definition) is 4. The highest BCUT2D eigenvalue weighted by atomic mass is 79.9. The fourth-order valence-electron chi connectivity index (χ4n) is 3.52. The van der Waals surface area contributed by atoms with E-state index in [9.17, 15) is 10.1 Å². The molecule has 1 unspecified atom stereocenters. The van der Waals surface area contributed by atoms with Crippen LogP contribution in [0.15, 0.2) is 45.0 Å². The number of benzene rings is 1. The number of nitriles is 1. The lowest BCUT2D eigenvalue weighted by Crippen LogP contribution is -2.38. The van der Waals surface area contributed by atoms with Gasteiger partial charge >= 0.3 is 0 Å². The number of allylic oxidation sites excluding steroid dienone is 2. The summed E-state index contributed by atoms with van der Waals surface area (Å²) in [6.07, 6.45) is 1.17. The molecule has 2 aliphatic rings. The normalized spacial score (nSPS) is 26.3. The fraction of sp³-hybridized carbons (Fsp3) is 0.389. The summed E-state index contributed by atoms with van der Waals surface area (Å²) in [5, 5.41) is 9.60. The molecular formula is C18H18BrN3O. The van der Waals surface area contributed by atoms with Gasteiger partial charge in [0.25, 0.3) is 0 Å². The van der Waals surface area contributed by atoms with Crippen LogP contribution in [0.3, 0.4) is 0 Å². The van der Waals surface area contributed by atoms with E-state index in [0.29, 0.717) is 24.3 Å². The largest absolute Gasteiger partial charge is 0.386 e. The quantitative estimate of drug-likeness (QED) is 0.817. The zero-order valence-corrected chi connectivity index (χ0v) is 14.7. The summed E-state index contributed by atoms with van der Waals surface area (Å²) in [6, 6.07) is 9.92. The summed E-state index contributed by atoms with van der Waals surface area (Å²) < 4.78 is 0.879. The average molecular weight is 372 g/mol. The second kappa shape index (κ2) is 5.61. The van der Waals surface area contributed by atoms with Gasteiger partial charge in [0, 0.05) is 22.4 Å². The third-order valence-corrected chi connectivity index (χ3v) is 5.22. The molecule has 2 atom stereocenters. The molecule has 1 aliphatic heterocycles. The van der Waals surface area contributed by atoms with Gasteiger partial charge in [-0.3, -0.25) is 4.79 Å². The van der Waals surface area contributed by atoms with Crippen LogP contribution >= 0.6 is 15.9 Å². The number of rotatable bonds is 1. The highest BCUT2D eigenvalue weighted by Crippen LogP contribution is 2.48. The van der Waals surface area contributed by atoms with Gasteiger partial charge < -0.3 is 5.73 Å². The highest BCUT2D eigenvalue weighted by Gasteiger charge is 2.43. The third-order valence-electron chi connectivity index (χ3n) is 4.50. The predicted molar refractivity (Wildman–Crippen MR) is 92.7 cm³/mol. The van der Waals surface area contributed by atoms with Crippen LogP contribution in [0.4, 0.5) is 0 Å².